The summed E-state index contributed by atoms with van der Waals surface area (Å²) in [6.07, 6.45) is 1.46. The van der Waals surface area contributed by atoms with Gasteiger partial charge in [-0.1, -0.05) is 29.8 Å². The SMILES string of the molecule is CSc1ccc(C2OC(c3cccc(Cl)c3)=NN2C(C)=O)cc1. The highest BCUT2D eigenvalue weighted by atomic mass is 35.5. The summed E-state index contributed by atoms with van der Waals surface area (Å²) in [5, 5.41) is 6.26. The minimum absolute atomic E-state index is 0.180. The van der Waals surface area contributed by atoms with E-state index in [1.165, 1.54) is 11.9 Å². The summed E-state index contributed by atoms with van der Waals surface area (Å²) in [5.74, 6) is 0.211. The Kier molecular flexibility index (Phi) is 4.59. The Morgan fingerprint density at radius 1 is 1.26 bits per heavy atom. The van der Waals surface area contributed by atoms with Gasteiger partial charge in [0.1, 0.15) is 0 Å². The summed E-state index contributed by atoms with van der Waals surface area (Å²) in [6.45, 7) is 1.47. The first-order valence-electron chi connectivity index (χ1n) is 7.03. The molecule has 0 saturated carbocycles. The second-order valence-electron chi connectivity index (χ2n) is 5.02. The Bertz CT molecular complexity index is 761. The van der Waals surface area contributed by atoms with E-state index in [1.54, 1.807) is 23.9 Å². The minimum Gasteiger partial charge on any atom is -0.446 e. The molecule has 3 rings (SSSR count). The van der Waals surface area contributed by atoms with Crippen LogP contribution in [0, 0.1) is 0 Å². The number of carbonyl (C=O) groups excluding carboxylic acids is 1. The van der Waals surface area contributed by atoms with Gasteiger partial charge >= 0.3 is 0 Å². The molecule has 1 heterocycles. The molecule has 2 aromatic rings. The van der Waals surface area contributed by atoms with Crippen LogP contribution >= 0.6 is 23.4 Å². The number of thioether (sulfide) groups is 1. The van der Waals surface area contributed by atoms with Gasteiger partial charge in [-0.2, -0.15) is 5.01 Å². The summed E-state index contributed by atoms with van der Waals surface area (Å²) in [6, 6.07) is 15.1. The van der Waals surface area contributed by atoms with E-state index in [0.717, 1.165) is 16.0 Å². The fourth-order valence-corrected chi connectivity index (χ4v) is 2.89. The van der Waals surface area contributed by atoms with Gasteiger partial charge in [-0.25, -0.2) is 0 Å². The lowest BCUT2D eigenvalue weighted by molar-refractivity contribution is -0.135. The third kappa shape index (κ3) is 3.35. The third-order valence-corrected chi connectivity index (χ3v) is 4.42. The second kappa shape index (κ2) is 6.64. The highest BCUT2D eigenvalue weighted by Crippen LogP contribution is 2.31. The fraction of sp³-hybridized carbons (Fsp3) is 0.176. The summed E-state index contributed by atoms with van der Waals surface area (Å²) in [7, 11) is 0. The lowest BCUT2D eigenvalue weighted by Crippen LogP contribution is -2.25. The van der Waals surface area contributed by atoms with Gasteiger partial charge in [0, 0.05) is 28.0 Å². The van der Waals surface area contributed by atoms with E-state index in [0.29, 0.717) is 10.9 Å². The van der Waals surface area contributed by atoms with Gasteiger partial charge in [0.15, 0.2) is 0 Å². The Morgan fingerprint density at radius 2 is 2.00 bits per heavy atom. The van der Waals surface area contributed by atoms with Crippen LogP contribution in [0.4, 0.5) is 0 Å². The Hall–Kier alpha value is -1.98. The van der Waals surface area contributed by atoms with Gasteiger partial charge in [0.2, 0.25) is 18.0 Å². The molecule has 0 bridgehead atoms. The van der Waals surface area contributed by atoms with Crippen molar-refractivity contribution in [1.82, 2.24) is 5.01 Å². The molecule has 23 heavy (non-hydrogen) atoms. The predicted molar refractivity (Wildman–Crippen MR) is 92.6 cm³/mol. The number of hydrogen-bond acceptors (Lipinski definition) is 4. The lowest BCUT2D eigenvalue weighted by atomic mass is 10.2. The van der Waals surface area contributed by atoms with Crippen molar-refractivity contribution >= 4 is 35.2 Å². The van der Waals surface area contributed by atoms with Crippen molar-refractivity contribution in [3.05, 3.63) is 64.7 Å². The summed E-state index contributed by atoms with van der Waals surface area (Å²) in [5.41, 5.74) is 1.62. The first-order chi connectivity index (χ1) is 11.1. The molecule has 0 spiro atoms. The van der Waals surface area contributed by atoms with Gasteiger partial charge in [0.05, 0.1) is 0 Å². The monoisotopic (exact) mass is 346 g/mol. The number of rotatable bonds is 3. The molecule has 0 fully saturated rings. The zero-order chi connectivity index (χ0) is 16.4. The van der Waals surface area contributed by atoms with Crippen molar-refractivity contribution < 1.29 is 9.53 Å². The van der Waals surface area contributed by atoms with E-state index >= 15 is 0 Å². The quantitative estimate of drug-likeness (QED) is 0.778. The van der Waals surface area contributed by atoms with Gasteiger partial charge in [-0.3, -0.25) is 4.79 Å². The van der Waals surface area contributed by atoms with Gasteiger partial charge in [-0.05, 0) is 36.6 Å². The predicted octanol–water partition coefficient (Wildman–Crippen LogP) is 4.30. The number of halogens is 1. The van der Waals surface area contributed by atoms with Crippen molar-refractivity contribution in [3.8, 4) is 0 Å². The molecule has 1 aliphatic rings. The average molecular weight is 347 g/mol. The number of ether oxygens (including phenoxy) is 1. The summed E-state index contributed by atoms with van der Waals surface area (Å²) >= 11 is 7.68. The molecule has 0 N–H and O–H groups in total. The Morgan fingerprint density at radius 3 is 2.61 bits per heavy atom. The minimum atomic E-state index is -0.558. The van der Waals surface area contributed by atoms with Crippen LogP contribution in [0.15, 0.2) is 58.5 Å². The maximum atomic E-state index is 11.9. The van der Waals surface area contributed by atoms with Crippen LogP contribution in [0.2, 0.25) is 5.02 Å². The first-order valence-corrected chi connectivity index (χ1v) is 8.63. The molecular formula is C17H15ClN2O2S. The van der Waals surface area contributed by atoms with Crippen molar-refractivity contribution in [1.29, 1.82) is 0 Å². The van der Waals surface area contributed by atoms with Crippen molar-refractivity contribution in [2.45, 2.75) is 18.0 Å². The number of carbonyl (C=O) groups is 1. The van der Waals surface area contributed by atoms with E-state index in [1.807, 2.05) is 42.7 Å². The topological polar surface area (TPSA) is 41.9 Å². The average Bonchev–Trinajstić information content (AvgIpc) is 3.00. The number of hydrogen-bond donors (Lipinski definition) is 0. The molecule has 2 aromatic carbocycles. The molecule has 1 aliphatic heterocycles. The molecule has 1 unspecified atom stereocenters. The zero-order valence-corrected chi connectivity index (χ0v) is 14.3. The molecular weight excluding hydrogens is 332 g/mol. The zero-order valence-electron chi connectivity index (χ0n) is 12.7. The Labute approximate surface area is 144 Å². The molecule has 1 atom stereocenters. The third-order valence-electron chi connectivity index (χ3n) is 3.44. The normalized spacial score (nSPS) is 16.9. The van der Waals surface area contributed by atoms with Gasteiger partial charge in [-0.15, -0.1) is 16.9 Å². The van der Waals surface area contributed by atoms with E-state index in [2.05, 4.69) is 5.10 Å². The van der Waals surface area contributed by atoms with Gasteiger partial charge < -0.3 is 4.74 Å². The van der Waals surface area contributed by atoms with Crippen LogP contribution in [-0.4, -0.2) is 23.1 Å². The number of benzene rings is 2. The Balaban J connectivity index is 1.92. The molecule has 6 heteroatoms. The van der Waals surface area contributed by atoms with Crippen molar-refractivity contribution in [2.75, 3.05) is 6.26 Å². The molecule has 4 nitrogen and oxygen atoms in total. The van der Waals surface area contributed by atoms with E-state index in [4.69, 9.17) is 16.3 Å². The first kappa shape index (κ1) is 15.9. The maximum Gasteiger partial charge on any atom is 0.243 e. The molecule has 0 aromatic heterocycles. The van der Waals surface area contributed by atoms with E-state index < -0.39 is 6.23 Å². The largest absolute Gasteiger partial charge is 0.446 e. The summed E-state index contributed by atoms with van der Waals surface area (Å²) in [4.78, 5) is 13.1. The van der Waals surface area contributed by atoms with Crippen LogP contribution in [0.5, 0.6) is 0 Å². The maximum absolute atomic E-state index is 11.9. The second-order valence-corrected chi connectivity index (χ2v) is 6.34. The van der Waals surface area contributed by atoms with Crippen LogP contribution in [0.3, 0.4) is 0 Å². The smallest absolute Gasteiger partial charge is 0.243 e. The molecule has 118 valence electrons. The highest BCUT2D eigenvalue weighted by molar-refractivity contribution is 7.98. The van der Waals surface area contributed by atoms with Crippen molar-refractivity contribution in [3.63, 3.8) is 0 Å². The van der Waals surface area contributed by atoms with Crippen LogP contribution in [0.1, 0.15) is 24.3 Å². The van der Waals surface area contributed by atoms with Gasteiger partial charge in [0.25, 0.3) is 0 Å². The number of hydrazone groups is 1. The molecule has 0 aliphatic carbocycles. The standard InChI is InChI=1S/C17H15ClN2O2S/c1-11(21)20-17(12-6-8-15(23-2)9-7-12)22-16(19-20)13-4-3-5-14(18)10-13/h3-10,17H,1-2H3. The highest BCUT2D eigenvalue weighted by Gasteiger charge is 2.33. The van der Waals surface area contributed by atoms with Crippen molar-refractivity contribution in [2.24, 2.45) is 5.10 Å². The molecule has 0 saturated heterocycles. The molecule has 1 amide bonds. The van der Waals surface area contributed by atoms with E-state index in [-0.39, 0.29) is 5.91 Å². The fourth-order valence-electron chi connectivity index (χ4n) is 2.29. The van der Waals surface area contributed by atoms with E-state index in [9.17, 15) is 4.79 Å². The summed E-state index contributed by atoms with van der Waals surface area (Å²) < 4.78 is 5.93. The number of nitrogens with zero attached hydrogens (tertiary/aromatic N) is 2. The molecule has 0 radical (unpaired) electrons. The van der Waals surface area contributed by atoms with Crippen LogP contribution in [-0.2, 0) is 9.53 Å². The lowest BCUT2D eigenvalue weighted by Gasteiger charge is -2.19. The van der Waals surface area contributed by atoms with Crippen LogP contribution < -0.4 is 0 Å². The number of amides is 1. The van der Waals surface area contributed by atoms with Crippen LogP contribution in [0.25, 0.3) is 0 Å².